The molecule has 1 rings (SSSR count). The van der Waals surface area contributed by atoms with Crippen molar-refractivity contribution in [1.29, 1.82) is 10.5 Å². The van der Waals surface area contributed by atoms with Gasteiger partial charge >= 0.3 is 0 Å². The summed E-state index contributed by atoms with van der Waals surface area (Å²) in [6, 6.07) is 9.48. The summed E-state index contributed by atoms with van der Waals surface area (Å²) >= 11 is 0. The van der Waals surface area contributed by atoms with E-state index in [4.69, 9.17) is 15.3 Å². The third kappa shape index (κ3) is 4.44. The van der Waals surface area contributed by atoms with Gasteiger partial charge in [0.1, 0.15) is 12.4 Å². The molecule has 0 radical (unpaired) electrons. The molecule has 1 aromatic carbocycles. The second-order valence-corrected chi connectivity index (χ2v) is 4.39. The Bertz CT molecular complexity index is 538. The van der Waals surface area contributed by atoms with Gasteiger partial charge in [0, 0.05) is 6.42 Å². The van der Waals surface area contributed by atoms with E-state index in [9.17, 15) is 4.79 Å². The highest BCUT2D eigenvalue weighted by Gasteiger charge is 2.12. The molecule has 0 N–H and O–H groups in total. The molecule has 0 saturated heterocycles. The van der Waals surface area contributed by atoms with Gasteiger partial charge in [0.25, 0.3) is 0 Å². The maximum atomic E-state index is 11.5. The molecule has 0 heterocycles. The number of rotatable bonds is 6. The molecule has 0 aliphatic rings. The van der Waals surface area contributed by atoms with Crippen LogP contribution < -0.4 is 4.74 Å². The molecule has 4 heteroatoms. The van der Waals surface area contributed by atoms with Gasteiger partial charge < -0.3 is 4.74 Å². The van der Waals surface area contributed by atoms with Crippen molar-refractivity contribution in [3.63, 3.8) is 0 Å². The highest BCUT2D eigenvalue weighted by Crippen LogP contribution is 2.22. The monoisotopic (exact) mass is 256 g/mol. The van der Waals surface area contributed by atoms with E-state index >= 15 is 0 Å². The summed E-state index contributed by atoms with van der Waals surface area (Å²) in [7, 11) is 0. The zero-order valence-electron chi connectivity index (χ0n) is 11.1. The summed E-state index contributed by atoms with van der Waals surface area (Å²) < 4.78 is 5.58. The van der Waals surface area contributed by atoms with Gasteiger partial charge in [-0.2, -0.15) is 10.5 Å². The molecular weight excluding hydrogens is 240 g/mol. The fraction of sp³-hybridized carbons (Fsp3) is 0.400. The van der Waals surface area contributed by atoms with E-state index < -0.39 is 0 Å². The summed E-state index contributed by atoms with van der Waals surface area (Å²) in [4.78, 5) is 11.5. The average Bonchev–Trinajstić information content (AvgIpc) is 2.38. The lowest BCUT2D eigenvalue weighted by Crippen LogP contribution is -2.12. The second-order valence-electron chi connectivity index (χ2n) is 4.39. The van der Waals surface area contributed by atoms with Crippen molar-refractivity contribution in [2.75, 3.05) is 6.61 Å². The number of aryl methyl sites for hydroxylation is 1. The van der Waals surface area contributed by atoms with Gasteiger partial charge in [-0.15, -0.1) is 0 Å². The van der Waals surface area contributed by atoms with Crippen LogP contribution in [0.25, 0.3) is 0 Å². The summed E-state index contributed by atoms with van der Waals surface area (Å²) in [5.41, 5.74) is 1.51. The third-order valence-corrected chi connectivity index (χ3v) is 2.74. The smallest absolute Gasteiger partial charge is 0.163 e. The van der Waals surface area contributed by atoms with Crippen molar-refractivity contribution >= 4 is 5.78 Å². The van der Waals surface area contributed by atoms with Gasteiger partial charge in [0.2, 0.25) is 0 Å². The molecule has 0 aliphatic carbocycles. The van der Waals surface area contributed by atoms with Crippen molar-refractivity contribution in [3.05, 3.63) is 29.3 Å². The van der Waals surface area contributed by atoms with Crippen LogP contribution in [0.4, 0.5) is 0 Å². The number of ether oxygens (including phenoxy) is 1. The maximum absolute atomic E-state index is 11.5. The Labute approximate surface area is 113 Å². The minimum Gasteiger partial charge on any atom is -0.491 e. The van der Waals surface area contributed by atoms with Gasteiger partial charge in [-0.05, 0) is 38.0 Å². The molecule has 0 aliphatic heterocycles. The number of carbonyl (C=O) groups is 1. The van der Waals surface area contributed by atoms with Crippen molar-refractivity contribution < 1.29 is 9.53 Å². The summed E-state index contributed by atoms with van der Waals surface area (Å²) in [5.74, 6) is 0.102. The zero-order chi connectivity index (χ0) is 14.3. The van der Waals surface area contributed by atoms with Crippen molar-refractivity contribution in [3.8, 4) is 17.9 Å². The number of benzene rings is 1. The fourth-order valence-corrected chi connectivity index (χ4v) is 1.65. The molecule has 0 spiro atoms. The normalized spacial score (nSPS) is 11.2. The highest BCUT2D eigenvalue weighted by atomic mass is 16.5. The Morgan fingerprint density at radius 3 is 2.74 bits per heavy atom. The number of nitriles is 2. The van der Waals surface area contributed by atoms with Crippen LogP contribution in [0.1, 0.15) is 35.7 Å². The van der Waals surface area contributed by atoms with Crippen LogP contribution in [0.15, 0.2) is 18.2 Å². The molecule has 98 valence electrons. The maximum Gasteiger partial charge on any atom is 0.163 e. The molecule has 0 bridgehead atoms. The van der Waals surface area contributed by atoms with Crippen LogP contribution in [0.3, 0.4) is 0 Å². The van der Waals surface area contributed by atoms with Gasteiger partial charge in [-0.25, -0.2) is 0 Å². The quantitative estimate of drug-likeness (QED) is 0.733. The van der Waals surface area contributed by atoms with E-state index in [2.05, 4.69) is 6.07 Å². The molecule has 19 heavy (non-hydrogen) atoms. The molecule has 1 atom stereocenters. The zero-order valence-corrected chi connectivity index (χ0v) is 11.1. The topological polar surface area (TPSA) is 73.9 Å². The largest absolute Gasteiger partial charge is 0.491 e. The van der Waals surface area contributed by atoms with Crippen molar-refractivity contribution in [1.82, 2.24) is 0 Å². The minimum atomic E-state index is -0.333. The van der Waals surface area contributed by atoms with Crippen LogP contribution in [0.5, 0.6) is 5.75 Å². The first-order valence-corrected chi connectivity index (χ1v) is 6.09. The molecule has 0 fully saturated rings. The standard InChI is InChI=1S/C15H16N2O2/c1-11-5-6-14(12(2)18)15(8-11)19-10-13(9-17)4-3-7-16/h5-6,8,13H,3-4,10H2,1-2H3. The number of hydrogen-bond donors (Lipinski definition) is 0. The number of ketones is 1. The predicted octanol–water partition coefficient (Wildman–Crippen LogP) is 3.02. The highest BCUT2D eigenvalue weighted by molar-refractivity contribution is 5.96. The molecular formula is C15H16N2O2. The SMILES string of the molecule is CC(=O)c1ccc(C)cc1OCC(C#N)CCC#N. The van der Waals surface area contributed by atoms with E-state index in [1.165, 1.54) is 6.92 Å². The second kappa shape index (κ2) is 7.18. The van der Waals surface area contributed by atoms with Gasteiger partial charge in [-0.3, -0.25) is 4.79 Å². The Balaban J connectivity index is 2.76. The van der Waals surface area contributed by atoms with Crippen molar-refractivity contribution in [2.24, 2.45) is 5.92 Å². The molecule has 1 unspecified atom stereocenters. The Hall–Kier alpha value is -2.33. The van der Waals surface area contributed by atoms with Gasteiger partial charge in [-0.1, -0.05) is 6.07 Å². The fourth-order valence-electron chi connectivity index (χ4n) is 1.65. The molecule has 0 aromatic heterocycles. The van der Waals surface area contributed by atoms with E-state index in [1.807, 2.05) is 19.1 Å². The van der Waals surface area contributed by atoms with Crippen LogP contribution in [0.2, 0.25) is 0 Å². The van der Waals surface area contributed by atoms with Crippen LogP contribution in [0, 0.1) is 35.5 Å². The molecule has 0 saturated carbocycles. The predicted molar refractivity (Wildman–Crippen MR) is 70.6 cm³/mol. The molecule has 1 aromatic rings. The molecule has 0 amide bonds. The van der Waals surface area contributed by atoms with Crippen LogP contribution in [-0.4, -0.2) is 12.4 Å². The Morgan fingerprint density at radius 2 is 2.16 bits per heavy atom. The lowest BCUT2D eigenvalue weighted by atomic mass is 10.1. The number of nitrogens with zero attached hydrogens (tertiary/aromatic N) is 2. The average molecular weight is 256 g/mol. The Kier molecular flexibility index (Phi) is 5.57. The van der Waals surface area contributed by atoms with E-state index in [-0.39, 0.29) is 18.3 Å². The number of hydrogen-bond acceptors (Lipinski definition) is 4. The van der Waals surface area contributed by atoms with Gasteiger partial charge in [0.15, 0.2) is 5.78 Å². The lowest BCUT2D eigenvalue weighted by molar-refractivity contribution is 0.101. The van der Waals surface area contributed by atoms with E-state index in [0.29, 0.717) is 24.2 Å². The first kappa shape index (κ1) is 14.7. The summed E-state index contributed by atoms with van der Waals surface area (Å²) in [5, 5.41) is 17.5. The number of carbonyl (C=O) groups excluding carboxylic acids is 1. The molecule has 4 nitrogen and oxygen atoms in total. The first-order chi connectivity index (χ1) is 9.08. The Morgan fingerprint density at radius 1 is 1.42 bits per heavy atom. The third-order valence-electron chi connectivity index (χ3n) is 2.74. The number of Topliss-reactive ketones (excluding diaryl/α,β-unsaturated/α-hetero) is 1. The minimum absolute atomic E-state index is 0.0690. The first-order valence-electron chi connectivity index (χ1n) is 6.09. The van der Waals surface area contributed by atoms with Crippen molar-refractivity contribution in [2.45, 2.75) is 26.7 Å². The summed E-state index contributed by atoms with van der Waals surface area (Å²) in [6.45, 7) is 3.59. The van der Waals surface area contributed by atoms with Crippen LogP contribution >= 0.6 is 0 Å². The van der Waals surface area contributed by atoms with E-state index in [0.717, 1.165) is 5.56 Å². The lowest BCUT2D eigenvalue weighted by Gasteiger charge is -2.13. The van der Waals surface area contributed by atoms with E-state index in [1.54, 1.807) is 12.1 Å². The summed E-state index contributed by atoms with van der Waals surface area (Å²) in [6.07, 6.45) is 0.809. The van der Waals surface area contributed by atoms with Gasteiger partial charge in [0.05, 0.1) is 23.6 Å². The van der Waals surface area contributed by atoms with Crippen LogP contribution in [-0.2, 0) is 0 Å².